The number of nitro groups is 1. The lowest BCUT2D eigenvalue weighted by molar-refractivity contribution is -0.444. The minimum absolute atomic E-state index is 0.0647. The zero-order valence-electron chi connectivity index (χ0n) is 10.5. The van der Waals surface area contributed by atoms with E-state index in [2.05, 4.69) is 11.6 Å². The summed E-state index contributed by atoms with van der Waals surface area (Å²) in [4.78, 5) is 13.4. The Kier molecular flexibility index (Phi) is 4.43. The van der Waals surface area contributed by atoms with Crippen molar-refractivity contribution in [3.05, 3.63) is 45.4 Å². The number of pyridine rings is 1. The van der Waals surface area contributed by atoms with Gasteiger partial charge in [-0.3, -0.25) is 0 Å². The Morgan fingerprint density at radius 1 is 1.50 bits per heavy atom. The summed E-state index contributed by atoms with van der Waals surface area (Å²) in [5.74, 6) is -0.546. The van der Waals surface area contributed by atoms with Crippen LogP contribution < -0.4 is 5.01 Å². The minimum atomic E-state index is -4.57. The summed E-state index contributed by atoms with van der Waals surface area (Å²) in [6.07, 6.45) is -3.97. The number of aromatic nitrogens is 1. The Balaban J connectivity index is 3.09. The number of alkyl halides is 3. The van der Waals surface area contributed by atoms with Crippen molar-refractivity contribution in [2.75, 3.05) is 19.1 Å². The van der Waals surface area contributed by atoms with Crippen LogP contribution in [-0.2, 0) is 6.18 Å². The summed E-state index contributed by atoms with van der Waals surface area (Å²) in [6, 6.07) is 0.698. The highest BCUT2D eigenvalue weighted by Gasteiger charge is 2.32. The number of hydrogen-bond donors (Lipinski definition) is 0. The molecule has 0 aromatic carbocycles. The number of nitrogens with zero attached hydrogens (tertiary/aromatic N) is 4. The van der Waals surface area contributed by atoms with Crippen molar-refractivity contribution in [1.29, 1.82) is 0 Å². The normalized spacial score (nSPS) is 11.1. The van der Waals surface area contributed by atoms with Crippen LogP contribution in [0.1, 0.15) is 5.56 Å². The third-order valence-corrected chi connectivity index (χ3v) is 2.77. The van der Waals surface area contributed by atoms with Crippen LogP contribution in [0.15, 0.2) is 24.7 Å². The molecule has 20 heavy (non-hydrogen) atoms. The van der Waals surface area contributed by atoms with Gasteiger partial charge in [0.25, 0.3) is 0 Å². The largest absolute Gasteiger partial charge is 0.417 e. The maximum Gasteiger partial charge on any atom is 0.417 e. The van der Waals surface area contributed by atoms with Crippen molar-refractivity contribution >= 4 is 17.4 Å². The average Bonchev–Trinajstić information content (AvgIpc) is 2.34. The minimum Gasteiger partial charge on any atom is -0.358 e. The maximum atomic E-state index is 12.5. The smallest absolute Gasteiger partial charge is 0.358 e. The molecule has 0 N–H and O–H groups in total. The first-order valence-electron chi connectivity index (χ1n) is 5.09. The van der Waals surface area contributed by atoms with Gasteiger partial charge in [0, 0.05) is 13.2 Å². The SMILES string of the molecule is C=C(N(C)N(C)c1ncc(C(F)(F)F)cc1Cl)[N+](=O)[O-]. The number of anilines is 1. The van der Waals surface area contributed by atoms with E-state index >= 15 is 0 Å². The maximum absolute atomic E-state index is 12.5. The fourth-order valence-electron chi connectivity index (χ4n) is 1.26. The van der Waals surface area contributed by atoms with E-state index < -0.39 is 22.5 Å². The lowest BCUT2D eigenvalue weighted by atomic mass is 10.3. The lowest BCUT2D eigenvalue weighted by Crippen LogP contribution is -2.38. The molecule has 0 aliphatic heterocycles. The molecule has 0 amide bonds. The van der Waals surface area contributed by atoms with Gasteiger partial charge in [0.1, 0.15) is 7.05 Å². The van der Waals surface area contributed by atoms with E-state index in [1.54, 1.807) is 0 Å². The molecule has 0 saturated carbocycles. The predicted molar refractivity (Wildman–Crippen MR) is 66.5 cm³/mol. The first kappa shape index (κ1) is 16.0. The fourth-order valence-corrected chi connectivity index (χ4v) is 1.55. The Morgan fingerprint density at radius 3 is 2.45 bits per heavy atom. The Hall–Kier alpha value is -2.03. The van der Waals surface area contributed by atoms with Crippen LogP contribution in [0.25, 0.3) is 0 Å². The van der Waals surface area contributed by atoms with Crippen LogP contribution in [0, 0.1) is 10.1 Å². The van der Waals surface area contributed by atoms with Gasteiger partial charge in [-0.05, 0) is 17.6 Å². The van der Waals surface area contributed by atoms with Crippen molar-refractivity contribution in [1.82, 2.24) is 9.99 Å². The van der Waals surface area contributed by atoms with Crippen LogP contribution in [-0.4, -0.2) is 29.0 Å². The molecule has 1 rings (SSSR count). The van der Waals surface area contributed by atoms with Crippen LogP contribution >= 0.6 is 11.6 Å². The lowest BCUT2D eigenvalue weighted by Gasteiger charge is -2.24. The Morgan fingerprint density at radius 2 is 2.05 bits per heavy atom. The molecule has 0 aliphatic rings. The number of halogens is 4. The Bertz CT molecular complexity index is 550. The number of hydrogen-bond acceptors (Lipinski definition) is 5. The van der Waals surface area contributed by atoms with Crippen molar-refractivity contribution < 1.29 is 18.1 Å². The third-order valence-electron chi connectivity index (χ3n) is 2.49. The van der Waals surface area contributed by atoms with Gasteiger partial charge in [-0.1, -0.05) is 11.6 Å². The van der Waals surface area contributed by atoms with E-state index in [1.807, 2.05) is 0 Å². The molecule has 0 radical (unpaired) electrons. The van der Waals surface area contributed by atoms with Gasteiger partial charge in [-0.15, -0.1) is 0 Å². The molecule has 0 fully saturated rings. The highest BCUT2D eigenvalue weighted by atomic mass is 35.5. The van der Waals surface area contributed by atoms with Gasteiger partial charge in [0.2, 0.25) is 0 Å². The topological polar surface area (TPSA) is 62.5 Å². The van der Waals surface area contributed by atoms with Gasteiger partial charge in [0.05, 0.1) is 10.6 Å². The molecule has 10 heteroatoms. The molecular weight excluding hydrogens is 301 g/mol. The monoisotopic (exact) mass is 310 g/mol. The van der Waals surface area contributed by atoms with E-state index in [4.69, 9.17) is 11.6 Å². The summed E-state index contributed by atoms with van der Waals surface area (Å²) in [5.41, 5.74) is -1.00. The van der Waals surface area contributed by atoms with Crippen LogP contribution in [0.3, 0.4) is 0 Å². The van der Waals surface area contributed by atoms with Gasteiger partial charge in [-0.2, -0.15) is 23.2 Å². The van der Waals surface area contributed by atoms with E-state index in [1.165, 1.54) is 14.1 Å². The molecule has 0 aliphatic carbocycles. The van der Waals surface area contributed by atoms with Crippen LogP contribution in [0.2, 0.25) is 5.02 Å². The van der Waals surface area contributed by atoms with Crippen molar-refractivity contribution in [3.8, 4) is 0 Å². The second-order valence-corrected chi connectivity index (χ2v) is 4.15. The van der Waals surface area contributed by atoms with Crippen LogP contribution in [0.5, 0.6) is 0 Å². The molecule has 1 aromatic heterocycles. The van der Waals surface area contributed by atoms with Gasteiger partial charge < -0.3 is 10.1 Å². The molecule has 0 unspecified atom stereocenters. The summed E-state index contributed by atoms with van der Waals surface area (Å²) in [6.45, 7) is 3.22. The summed E-state index contributed by atoms with van der Waals surface area (Å²) in [7, 11) is 2.66. The van der Waals surface area contributed by atoms with Gasteiger partial charge in [0.15, 0.2) is 5.82 Å². The van der Waals surface area contributed by atoms with Crippen molar-refractivity contribution in [3.63, 3.8) is 0 Å². The second-order valence-electron chi connectivity index (χ2n) is 3.75. The molecule has 6 nitrogen and oxygen atoms in total. The molecule has 1 heterocycles. The molecule has 1 aromatic rings. The van der Waals surface area contributed by atoms with E-state index in [0.29, 0.717) is 12.3 Å². The molecule has 0 bridgehead atoms. The van der Waals surface area contributed by atoms with Crippen molar-refractivity contribution in [2.45, 2.75) is 6.18 Å². The average molecular weight is 311 g/mol. The third kappa shape index (κ3) is 3.29. The highest BCUT2D eigenvalue weighted by Crippen LogP contribution is 2.33. The zero-order chi connectivity index (χ0) is 15.7. The molecule has 0 saturated heterocycles. The number of hydrazine groups is 1. The fraction of sp³-hybridized carbons (Fsp3) is 0.300. The predicted octanol–water partition coefficient (Wildman–Crippen LogP) is 2.78. The summed E-state index contributed by atoms with van der Waals surface area (Å²) >= 11 is 5.73. The van der Waals surface area contributed by atoms with Crippen molar-refractivity contribution in [2.24, 2.45) is 0 Å². The Labute approximate surface area is 117 Å². The highest BCUT2D eigenvalue weighted by molar-refractivity contribution is 6.33. The first-order valence-corrected chi connectivity index (χ1v) is 5.47. The van der Waals surface area contributed by atoms with E-state index in [9.17, 15) is 23.3 Å². The molecule has 0 atom stereocenters. The second kappa shape index (κ2) is 5.53. The molecule has 0 spiro atoms. The van der Waals surface area contributed by atoms with Gasteiger partial charge in [-0.25, -0.2) is 4.98 Å². The standard InChI is InChI=1S/C10H10ClF3N4O2/c1-6(18(19)20)16(2)17(3)9-8(11)4-7(5-15-9)10(12,13)14/h4-5H,1H2,2-3H3. The van der Waals surface area contributed by atoms with E-state index in [-0.39, 0.29) is 10.8 Å². The zero-order valence-corrected chi connectivity index (χ0v) is 11.2. The molecular formula is C10H10ClF3N4O2. The van der Waals surface area contributed by atoms with Crippen LogP contribution in [0.4, 0.5) is 19.0 Å². The molecule has 110 valence electrons. The quantitative estimate of drug-likeness (QED) is 0.632. The van der Waals surface area contributed by atoms with E-state index in [0.717, 1.165) is 10.0 Å². The number of rotatable bonds is 4. The summed E-state index contributed by atoms with van der Waals surface area (Å²) < 4.78 is 37.4. The summed E-state index contributed by atoms with van der Waals surface area (Å²) in [5, 5.41) is 12.4. The van der Waals surface area contributed by atoms with Gasteiger partial charge >= 0.3 is 12.0 Å². The first-order chi connectivity index (χ1) is 9.05.